The molecule has 300 valence electrons. The molecule has 3 aromatic carbocycles. The van der Waals surface area contributed by atoms with Gasteiger partial charge in [0, 0.05) is 17.1 Å². The van der Waals surface area contributed by atoms with Crippen LogP contribution in [0.1, 0.15) is 89.2 Å². The average Bonchev–Trinajstić information content (AvgIpc) is 3.87. The Hall–Kier alpha value is -4.30. The van der Waals surface area contributed by atoms with Crippen molar-refractivity contribution in [3.63, 3.8) is 0 Å². The maximum absolute atomic E-state index is 16.6. The van der Waals surface area contributed by atoms with E-state index in [4.69, 9.17) is 23.2 Å². The van der Waals surface area contributed by atoms with E-state index < -0.39 is 60.0 Å². The van der Waals surface area contributed by atoms with E-state index in [0.29, 0.717) is 5.76 Å². The number of halogens is 2. The van der Waals surface area contributed by atoms with Crippen LogP contribution in [0.2, 0.25) is 18.1 Å². The third-order valence-electron chi connectivity index (χ3n) is 12.7. The number of rotatable bonds is 10. The molecule has 0 bridgehead atoms. The number of ketones is 2. The molecule has 0 saturated carbocycles. The zero-order chi connectivity index (χ0) is 40.4. The summed E-state index contributed by atoms with van der Waals surface area (Å²) in [6.45, 7) is 11.9. The Bertz CT molecular complexity index is 2250. The summed E-state index contributed by atoms with van der Waals surface area (Å²) < 4.78 is 48.3. The number of nitrogens with zero attached hydrogens (tertiary/aromatic N) is 2. The summed E-state index contributed by atoms with van der Waals surface area (Å²) in [5.74, 6) is -3.29. The highest BCUT2D eigenvalue weighted by Crippen LogP contribution is 2.61. The highest BCUT2D eigenvalue weighted by molar-refractivity contribution is 9.10. The van der Waals surface area contributed by atoms with Gasteiger partial charge in [-0.25, -0.2) is 4.39 Å². The van der Waals surface area contributed by atoms with Gasteiger partial charge in [0.2, 0.25) is 5.78 Å². The number of carbonyl (C=O) groups is 2. The van der Waals surface area contributed by atoms with Crippen LogP contribution in [0.5, 0.6) is 17.4 Å². The number of methoxy groups -OCH3 is 1. The fourth-order valence-corrected chi connectivity index (χ4v) is 11.0. The lowest BCUT2D eigenvalue weighted by molar-refractivity contribution is -0.0523. The van der Waals surface area contributed by atoms with Gasteiger partial charge in [0.15, 0.2) is 37.0 Å². The van der Waals surface area contributed by atoms with Crippen molar-refractivity contribution in [3.05, 3.63) is 116 Å². The number of fused-ring (bicyclic) bond motifs is 4. The SMILES string of the molecule is COc1c(F)c2c(c(OCc3ccccc3)c1Br)C(=O)C1=C(O)[C@]3(O[Si](C)(C)C(C)(C)C)C(=O)c4c(OCc5ccccc5)noc4[C@@H](N4CCCC4)[C@@H]3C[C@@H]1C2. The molecule has 0 spiro atoms. The van der Waals surface area contributed by atoms with Crippen LogP contribution in [0.4, 0.5) is 4.39 Å². The summed E-state index contributed by atoms with van der Waals surface area (Å²) in [5, 5.41) is 17.0. The second kappa shape index (κ2) is 14.8. The maximum Gasteiger partial charge on any atom is 0.265 e. The molecule has 1 saturated heterocycles. The molecule has 4 aromatic rings. The Morgan fingerprint density at radius 3 is 2.18 bits per heavy atom. The van der Waals surface area contributed by atoms with Crippen molar-refractivity contribution in [2.75, 3.05) is 20.2 Å². The molecule has 1 fully saturated rings. The first-order chi connectivity index (χ1) is 27.2. The van der Waals surface area contributed by atoms with Gasteiger partial charge in [-0.05, 0) is 95.0 Å². The largest absolute Gasteiger partial charge is 0.508 e. The Balaban J connectivity index is 1.33. The first-order valence-electron chi connectivity index (χ1n) is 19.6. The Morgan fingerprint density at radius 2 is 1.58 bits per heavy atom. The first kappa shape index (κ1) is 39.5. The Labute approximate surface area is 341 Å². The topological polar surface area (TPSA) is 121 Å². The maximum atomic E-state index is 16.6. The second-order valence-electron chi connectivity index (χ2n) is 17.1. The fourth-order valence-electron chi connectivity index (χ4n) is 8.87. The van der Waals surface area contributed by atoms with Gasteiger partial charge in [-0.3, -0.25) is 14.5 Å². The summed E-state index contributed by atoms with van der Waals surface area (Å²) in [4.78, 5) is 33.1. The molecule has 10 nitrogen and oxygen atoms in total. The van der Waals surface area contributed by atoms with Gasteiger partial charge in [-0.15, -0.1) is 0 Å². The minimum Gasteiger partial charge on any atom is -0.508 e. The third-order valence-corrected chi connectivity index (χ3v) is 17.9. The number of aromatic nitrogens is 1. The molecule has 1 N–H and O–H groups in total. The molecule has 0 amide bonds. The number of aliphatic hydroxyl groups excluding tert-OH is 1. The molecule has 2 heterocycles. The quantitative estimate of drug-likeness (QED) is 0.154. The van der Waals surface area contributed by atoms with Gasteiger partial charge in [0.25, 0.3) is 5.88 Å². The van der Waals surface area contributed by atoms with Crippen molar-refractivity contribution in [1.82, 2.24) is 10.1 Å². The summed E-state index contributed by atoms with van der Waals surface area (Å²) in [6, 6.07) is 18.4. The van der Waals surface area contributed by atoms with Crippen molar-refractivity contribution < 1.29 is 42.2 Å². The highest BCUT2D eigenvalue weighted by Gasteiger charge is 2.68. The predicted octanol–water partition coefficient (Wildman–Crippen LogP) is 9.72. The molecule has 4 atom stereocenters. The van der Waals surface area contributed by atoms with E-state index in [1.165, 1.54) is 7.11 Å². The fraction of sp³-hybridized carbons (Fsp3) is 0.432. The van der Waals surface area contributed by atoms with Crippen molar-refractivity contribution in [2.24, 2.45) is 11.8 Å². The molecule has 0 unspecified atom stereocenters. The van der Waals surface area contributed by atoms with E-state index >= 15 is 14.0 Å². The van der Waals surface area contributed by atoms with Crippen LogP contribution in [0.15, 0.2) is 81.0 Å². The number of allylic oxidation sites excluding steroid dienone is 1. The zero-order valence-corrected chi connectivity index (χ0v) is 35.7. The third kappa shape index (κ3) is 6.45. The molecule has 0 radical (unpaired) electrons. The highest BCUT2D eigenvalue weighted by atomic mass is 79.9. The van der Waals surface area contributed by atoms with Crippen LogP contribution in [0.25, 0.3) is 0 Å². The van der Waals surface area contributed by atoms with E-state index in [1.807, 2.05) is 73.8 Å². The van der Waals surface area contributed by atoms with Crippen LogP contribution in [0.3, 0.4) is 0 Å². The Morgan fingerprint density at radius 1 is 0.965 bits per heavy atom. The first-order valence-corrected chi connectivity index (χ1v) is 23.3. The predicted molar refractivity (Wildman–Crippen MR) is 217 cm³/mol. The van der Waals surface area contributed by atoms with E-state index in [-0.39, 0.29) is 70.2 Å². The monoisotopic (exact) mass is 858 g/mol. The van der Waals surface area contributed by atoms with Crippen LogP contribution in [-0.2, 0) is 24.1 Å². The zero-order valence-electron chi connectivity index (χ0n) is 33.1. The summed E-state index contributed by atoms with van der Waals surface area (Å²) in [5.41, 5.74) is -0.0352. The normalized spacial score (nSPS) is 23.5. The van der Waals surface area contributed by atoms with Crippen molar-refractivity contribution >= 4 is 35.8 Å². The summed E-state index contributed by atoms with van der Waals surface area (Å²) in [6.07, 6.45) is 2.15. The van der Waals surface area contributed by atoms with E-state index in [0.717, 1.165) is 37.1 Å². The van der Waals surface area contributed by atoms with Gasteiger partial charge < -0.3 is 28.3 Å². The summed E-state index contributed by atoms with van der Waals surface area (Å²) >= 11 is 3.48. The van der Waals surface area contributed by atoms with Crippen molar-refractivity contribution in [2.45, 2.75) is 89.4 Å². The Kier molecular flexibility index (Phi) is 10.3. The molecule has 8 rings (SSSR count). The van der Waals surface area contributed by atoms with Crippen LogP contribution in [-0.4, -0.2) is 60.8 Å². The molecule has 1 aliphatic heterocycles. The van der Waals surface area contributed by atoms with Crippen molar-refractivity contribution in [1.29, 1.82) is 0 Å². The lowest BCUT2D eigenvalue weighted by Crippen LogP contribution is -2.65. The van der Waals surface area contributed by atoms with Gasteiger partial charge in [-0.1, -0.05) is 81.4 Å². The molecule has 1 aromatic heterocycles. The molecule has 3 aliphatic carbocycles. The van der Waals surface area contributed by atoms with Crippen LogP contribution >= 0.6 is 15.9 Å². The number of hydrogen-bond acceptors (Lipinski definition) is 10. The number of benzene rings is 3. The number of ether oxygens (including phenoxy) is 3. The molecular formula is C44H48BrFN2O8Si. The van der Waals surface area contributed by atoms with E-state index in [9.17, 15) is 5.11 Å². The number of carbonyl (C=O) groups excluding carboxylic acids is 2. The minimum absolute atomic E-state index is 0.00893. The van der Waals surface area contributed by atoms with Crippen LogP contribution in [0, 0.1) is 17.7 Å². The smallest absolute Gasteiger partial charge is 0.265 e. The van der Waals surface area contributed by atoms with Gasteiger partial charge in [0.05, 0.1) is 18.7 Å². The minimum atomic E-state index is -2.94. The van der Waals surface area contributed by atoms with Gasteiger partial charge >= 0.3 is 0 Å². The molecular weight excluding hydrogens is 811 g/mol. The van der Waals surface area contributed by atoms with Crippen molar-refractivity contribution in [3.8, 4) is 17.4 Å². The molecule has 13 heteroatoms. The van der Waals surface area contributed by atoms with Gasteiger partial charge in [-0.2, -0.15) is 0 Å². The van der Waals surface area contributed by atoms with Gasteiger partial charge in [0.1, 0.15) is 34.8 Å². The number of Topliss-reactive ketones (excluding diaryl/α,β-unsaturated/α-hetero) is 2. The average molecular weight is 860 g/mol. The standard InChI is InChI=1S/C44H48BrFN2O8Si/c1-43(2,3)57(5,6)56-44-29(35(48-19-13-14-20-48)38-32(41(44)51)42(47-55-38)54-24-26-17-11-8-12-18-26)22-27-21-28-31(36(49)30(27)40(44)50)37(33(45)39(52-4)34(28)46)53-23-25-15-9-7-10-16-25/h7-12,15-18,27,29,35,50H,13-14,19-24H2,1-6H3/t27-,29-,35-,44-/m0/s1. The lowest BCUT2D eigenvalue weighted by Gasteiger charge is -2.55. The lowest BCUT2D eigenvalue weighted by atomic mass is 9.58. The van der Waals surface area contributed by atoms with Crippen LogP contribution < -0.4 is 14.2 Å². The molecule has 4 aliphatic rings. The summed E-state index contributed by atoms with van der Waals surface area (Å²) in [7, 11) is -1.57. The van der Waals surface area contributed by atoms with E-state index in [2.05, 4.69) is 46.8 Å². The number of hydrogen-bond donors (Lipinski definition) is 1. The second-order valence-corrected chi connectivity index (χ2v) is 22.6. The molecule has 57 heavy (non-hydrogen) atoms. The van der Waals surface area contributed by atoms with E-state index in [1.54, 1.807) is 0 Å². The number of aliphatic hydroxyl groups is 1. The number of likely N-dealkylation sites (tertiary alicyclic amines) is 1.